The molecule has 0 heterocycles. The molecule has 0 saturated carbocycles. The topological polar surface area (TPSA) is 55.1 Å². The van der Waals surface area contributed by atoms with Crippen LogP contribution in [0.2, 0.25) is 5.02 Å². The van der Waals surface area contributed by atoms with Gasteiger partial charge in [-0.1, -0.05) is 50.6 Å². The Kier molecular flexibility index (Phi) is 4.24. The van der Waals surface area contributed by atoms with Crippen LogP contribution < -0.4 is 11.1 Å². The van der Waals surface area contributed by atoms with E-state index < -0.39 is 0 Å². The Bertz CT molecular complexity index is 654. The van der Waals surface area contributed by atoms with Gasteiger partial charge in [0.2, 0.25) is 0 Å². The number of amides is 1. The number of rotatable bonds is 2. The fraction of sp³-hybridized carbons (Fsp3) is 0.235. The van der Waals surface area contributed by atoms with Crippen molar-refractivity contribution < 1.29 is 4.79 Å². The van der Waals surface area contributed by atoms with Crippen LogP contribution in [0.3, 0.4) is 0 Å². The molecule has 0 radical (unpaired) electrons. The summed E-state index contributed by atoms with van der Waals surface area (Å²) in [6, 6.07) is 12.6. The third kappa shape index (κ3) is 3.76. The summed E-state index contributed by atoms with van der Waals surface area (Å²) >= 11 is 5.94. The highest BCUT2D eigenvalue weighted by atomic mass is 35.5. The molecule has 0 bridgehead atoms. The Balaban J connectivity index is 2.32. The number of benzene rings is 2. The van der Waals surface area contributed by atoms with Crippen molar-refractivity contribution in [2.45, 2.75) is 26.2 Å². The van der Waals surface area contributed by atoms with E-state index in [1.54, 1.807) is 18.2 Å². The maximum absolute atomic E-state index is 12.4. The van der Waals surface area contributed by atoms with Crippen LogP contribution in [0.4, 0.5) is 11.4 Å². The summed E-state index contributed by atoms with van der Waals surface area (Å²) in [5.41, 5.74) is 8.46. The highest BCUT2D eigenvalue weighted by molar-refractivity contribution is 6.31. The van der Waals surface area contributed by atoms with Gasteiger partial charge in [-0.2, -0.15) is 0 Å². The number of para-hydroxylation sites is 1. The number of hydrogen-bond donors (Lipinski definition) is 2. The van der Waals surface area contributed by atoms with Crippen LogP contribution in [-0.4, -0.2) is 5.91 Å². The first-order valence-electron chi connectivity index (χ1n) is 6.74. The van der Waals surface area contributed by atoms with E-state index in [9.17, 15) is 4.79 Å². The van der Waals surface area contributed by atoms with Crippen LogP contribution >= 0.6 is 11.6 Å². The SMILES string of the molecule is CC(C)(C)c1ccccc1NC(=O)c1cc(N)cc(Cl)c1. The predicted molar refractivity (Wildman–Crippen MR) is 89.0 cm³/mol. The second-order valence-corrected chi connectivity index (χ2v) is 6.46. The van der Waals surface area contributed by atoms with E-state index in [0.717, 1.165) is 11.3 Å². The van der Waals surface area contributed by atoms with E-state index in [4.69, 9.17) is 17.3 Å². The molecule has 0 aromatic heterocycles. The number of carbonyl (C=O) groups excluding carboxylic acids is 1. The number of halogens is 1. The molecule has 2 aromatic rings. The van der Waals surface area contributed by atoms with E-state index >= 15 is 0 Å². The Morgan fingerprint density at radius 3 is 2.43 bits per heavy atom. The zero-order valence-corrected chi connectivity index (χ0v) is 13.2. The van der Waals surface area contributed by atoms with Crippen molar-refractivity contribution in [1.29, 1.82) is 0 Å². The van der Waals surface area contributed by atoms with Crippen molar-refractivity contribution >= 4 is 28.9 Å². The summed E-state index contributed by atoms with van der Waals surface area (Å²) in [6.07, 6.45) is 0. The molecule has 110 valence electrons. The molecule has 0 fully saturated rings. The van der Waals surface area contributed by atoms with Gasteiger partial charge in [-0.05, 0) is 35.2 Å². The monoisotopic (exact) mass is 302 g/mol. The molecule has 0 spiro atoms. The summed E-state index contributed by atoms with van der Waals surface area (Å²) in [7, 11) is 0. The molecule has 3 N–H and O–H groups in total. The maximum Gasteiger partial charge on any atom is 0.255 e. The maximum atomic E-state index is 12.4. The highest BCUT2D eigenvalue weighted by Gasteiger charge is 2.19. The normalized spacial score (nSPS) is 11.2. The molecule has 0 aliphatic rings. The van der Waals surface area contributed by atoms with Gasteiger partial charge in [-0.15, -0.1) is 0 Å². The van der Waals surface area contributed by atoms with Gasteiger partial charge in [0.1, 0.15) is 0 Å². The van der Waals surface area contributed by atoms with E-state index in [0.29, 0.717) is 16.3 Å². The van der Waals surface area contributed by atoms with Crippen LogP contribution in [0.5, 0.6) is 0 Å². The lowest BCUT2D eigenvalue weighted by atomic mass is 9.86. The van der Waals surface area contributed by atoms with Gasteiger partial charge in [-0.25, -0.2) is 0 Å². The first-order chi connectivity index (χ1) is 9.77. The summed E-state index contributed by atoms with van der Waals surface area (Å²) in [4.78, 5) is 12.4. The van der Waals surface area contributed by atoms with Crippen LogP contribution in [0.15, 0.2) is 42.5 Å². The molecule has 0 saturated heterocycles. The highest BCUT2D eigenvalue weighted by Crippen LogP contribution is 2.29. The lowest BCUT2D eigenvalue weighted by molar-refractivity contribution is 0.102. The first-order valence-corrected chi connectivity index (χ1v) is 7.12. The molecular formula is C17H19ClN2O. The van der Waals surface area contributed by atoms with Crippen molar-refractivity contribution in [3.8, 4) is 0 Å². The minimum atomic E-state index is -0.221. The predicted octanol–water partition coefficient (Wildman–Crippen LogP) is 4.47. The Hall–Kier alpha value is -2.00. The van der Waals surface area contributed by atoms with Crippen LogP contribution in [0.25, 0.3) is 0 Å². The van der Waals surface area contributed by atoms with Crippen molar-refractivity contribution in [2.75, 3.05) is 11.1 Å². The first kappa shape index (κ1) is 15.4. The standard InChI is InChI=1S/C17H19ClN2O/c1-17(2,3)14-6-4-5-7-15(14)20-16(21)11-8-12(18)10-13(19)9-11/h4-10H,19H2,1-3H3,(H,20,21). The molecular weight excluding hydrogens is 284 g/mol. The van der Waals surface area contributed by atoms with E-state index in [1.807, 2.05) is 24.3 Å². The molecule has 0 atom stereocenters. The van der Waals surface area contributed by atoms with Crippen molar-refractivity contribution in [1.82, 2.24) is 0 Å². The zero-order chi connectivity index (χ0) is 15.6. The molecule has 2 aromatic carbocycles. The summed E-state index contributed by atoms with van der Waals surface area (Å²) in [5.74, 6) is -0.221. The van der Waals surface area contributed by atoms with Crippen LogP contribution in [0, 0.1) is 0 Å². The summed E-state index contributed by atoms with van der Waals surface area (Å²) in [5, 5.41) is 3.38. The molecule has 0 aliphatic carbocycles. The molecule has 0 unspecified atom stereocenters. The molecule has 21 heavy (non-hydrogen) atoms. The number of nitrogens with two attached hydrogens (primary N) is 1. The summed E-state index contributed by atoms with van der Waals surface area (Å²) < 4.78 is 0. The average molecular weight is 303 g/mol. The van der Waals surface area contributed by atoms with E-state index in [1.165, 1.54) is 0 Å². The second kappa shape index (κ2) is 5.78. The largest absolute Gasteiger partial charge is 0.399 e. The zero-order valence-electron chi connectivity index (χ0n) is 12.4. The van der Waals surface area contributed by atoms with Crippen molar-refractivity contribution in [3.05, 3.63) is 58.6 Å². The molecule has 3 nitrogen and oxygen atoms in total. The average Bonchev–Trinajstić information content (AvgIpc) is 2.37. The number of hydrogen-bond acceptors (Lipinski definition) is 2. The fourth-order valence-corrected chi connectivity index (χ4v) is 2.43. The Labute approximate surface area is 130 Å². The van der Waals surface area contributed by atoms with E-state index in [2.05, 4.69) is 26.1 Å². The number of nitrogen functional groups attached to an aromatic ring is 1. The number of nitrogens with one attached hydrogen (secondary N) is 1. The van der Waals surface area contributed by atoms with Gasteiger partial charge in [0, 0.05) is 22.0 Å². The van der Waals surface area contributed by atoms with E-state index in [-0.39, 0.29) is 11.3 Å². The Morgan fingerprint density at radius 2 is 1.81 bits per heavy atom. The molecule has 2 rings (SSSR count). The minimum Gasteiger partial charge on any atom is -0.399 e. The van der Waals surface area contributed by atoms with Gasteiger partial charge in [0.15, 0.2) is 0 Å². The lowest BCUT2D eigenvalue weighted by Gasteiger charge is -2.23. The van der Waals surface area contributed by atoms with Crippen LogP contribution in [-0.2, 0) is 5.41 Å². The van der Waals surface area contributed by atoms with Crippen molar-refractivity contribution in [2.24, 2.45) is 0 Å². The van der Waals surface area contributed by atoms with Gasteiger partial charge >= 0.3 is 0 Å². The second-order valence-electron chi connectivity index (χ2n) is 6.02. The molecule has 0 aliphatic heterocycles. The van der Waals surface area contributed by atoms with Gasteiger partial charge in [0.05, 0.1) is 0 Å². The minimum absolute atomic E-state index is 0.0583. The van der Waals surface area contributed by atoms with Gasteiger partial charge in [0.25, 0.3) is 5.91 Å². The number of anilines is 2. The summed E-state index contributed by atoms with van der Waals surface area (Å²) in [6.45, 7) is 6.32. The smallest absolute Gasteiger partial charge is 0.255 e. The van der Waals surface area contributed by atoms with Gasteiger partial charge in [-0.3, -0.25) is 4.79 Å². The third-order valence-corrected chi connectivity index (χ3v) is 3.38. The molecule has 4 heteroatoms. The van der Waals surface area contributed by atoms with Gasteiger partial charge < -0.3 is 11.1 Å². The van der Waals surface area contributed by atoms with Crippen LogP contribution in [0.1, 0.15) is 36.7 Å². The van der Waals surface area contributed by atoms with Crippen molar-refractivity contribution in [3.63, 3.8) is 0 Å². The fourth-order valence-electron chi connectivity index (χ4n) is 2.18. The Morgan fingerprint density at radius 1 is 1.14 bits per heavy atom. The third-order valence-electron chi connectivity index (χ3n) is 3.17. The quantitative estimate of drug-likeness (QED) is 0.804. The number of carbonyl (C=O) groups is 1. The lowest BCUT2D eigenvalue weighted by Crippen LogP contribution is -2.18. The molecule has 1 amide bonds.